The van der Waals surface area contributed by atoms with Gasteiger partial charge in [-0.3, -0.25) is 4.90 Å². The molecule has 1 unspecified atom stereocenters. The van der Waals surface area contributed by atoms with Crippen molar-refractivity contribution in [3.63, 3.8) is 0 Å². The monoisotopic (exact) mass is 408 g/mol. The standard InChI is InChI=1S/C20H25ClN2O3S/c1-26-20-10-9-18(12-19(20)21)27(24,25)22-13-17-8-5-11-23(15-17)14-16-6-3-2-4-7-16/h2-4,6-7,9-10,12,17,22H,5,8,11,13-15H2,1H3. The van der Waals surface area contributed by atoms with E-state index in [4.69, 9.17) is 16.3 Å². The van der Waals surface area contributed by atoms with Crippen molar-refractivity contribution in [2.75, 3.05) is 26.7 Å². The van der Waals surface area contributed by atoms with Crippen LogP contribution in [0.3, 0.4) is 0 Å². The molecule has 5 nitrogen and oxygen atoms in total. The maximum Gasteiger partial charge on any atom is 0.240 e. The number of benzene rings is 2. The topological polar surface area (TPSA) is 58.6 Å². The van der Waals surface area contributed by atoms with Crippen LogP contribution in [0.2, 0.25) is 5.02 Å². The third-order valence-electron chi connectivity index (χ3n) is 4.85. The average Bonchev–Trinajstić information content (AvgIpc) is 2.67. The SMILES string of the molecule is COc1ccc(S(=O)(=O)NCC2CCCN(Cc3ccccc3)C2)cc1Cl. The number of likely N-dealkylation sites (tertiary alicyclic amines) is 1. The number of ether oxygens (including phenoxy) is 1. The van der Waals surface area contributed by atoms with Gasteiger partial charge in [0, 0.05) is 19.6 Å². The Hall–Kier alpha value is -1.60. The number of sulfonamides is 1. The van der Waals surface area contributed by atoms with Crippen molar-refractivity contribution >= 4 is 21.6 Å². The average molecular weight is 409 g/mol. The molecule has 0 radical (unpaired) electrons. The number of nitrogens with zero attached hydrogens (tertiary/aromatic N) is 1. The molecule has 27 heavy (non-hydrogen) atoms. The Morgan fingerprint density at radius 2 is 2.00 bits per heavy atom. The predicted octanol–water partition coefficient (Wildman–Crippen LogP) is 3.54. The van der Waals surface area contributed by atoms with Crippen molar-refractivity contribution in [1.29, 1.82) is 0 Å². The Kier molecular flexibility index (Phi) is 6.76. The number of hydrogen-bond acceptors (Lipinski definition) is 4. The summed E-state index contributed by atoms with van der Waals surface area (Å²) in [6, 6.07) is 14.9. The minimum absolute atomic E-state index is 0.158. The van der Waals surface area contributed by atoms with Gasteiger partial charge in [0.2, 0.25) is 10.0 Å². The Balaban J connectivity index is 1.57. The second-order valence-electron chi connectivity index (χ2n) is 6.88. The van der Waals surface area contributed by atoms with E-state index in [9.17, 15) is 8.42 Å². The molecule has 0 bridgehead atoms. The molecule has 0 saturated carbocycles. The highest BCUT2D eigenvalue weighted by molar-refractivity contribution is 7.89. The highest BCUT2D eigenvalue weighted by Crippen LogP contribution is 2.27. The van der Waals surface area contributed by atoms with E-state index in [1.165, 1.54) is 24.8 Å². The summed E-state index contributed by atoms with van der Waals surface area (Å²) in [4.78, 5) is 2.55. The first kappa shape index (κ1) is 20.1. The third kappa shape index (κ3) is 5.45. The molecule has 0 aliphatic carbocycles. The molecule has 0 spiro atoms. The molecule has 1 aliphatic rings. The van der Waals surface area contributed by atoms with Gasteiger partial charge in [-0.1, -0.05) is 41.9 Å². The van der Waals surface area contributed by atoms with Crippen molar-refractivity contribution in [1.82, 2.24) is 9.62 Å². The van der Waals surface area contributed by atoms with Crippen LogP contribution in [0.25, 0.3) is 0 Å². The molecule has 1 aliphatic heterocycles. The lowest BCUT2D eigenvalue weighted by molar-refractivity contribution is 0.169. The van der Waals surface area contributed by atoms with Crippen LogP contribution >= 0.6 is 11.6 Å². The summed E-state index contributed by atoms with van der Waals surface area (Å²) in [6.45, 7) is 3.27. The summed E-state index contributed by atoms with van der Waals surface area (Å²) >= 11 is 6.06. The maximum atomic E-state index is 12.6. The molecule has 0 amide bonds. The second-order valence-corrected chi connectivity index (χ2v) is 9.05. The Morgan fingerprint density at radius 1 is 1.22 bits per heavy atom. The van der Waals surface area contributed by atoms with E-state index in [1.54, 1.807) is 6.07 Å². The number of methoxy groups -OCH3 is 1. The van der Waals surface area contributed by atoms with Gasteiger partial charge in [0.15, 0.2) is 0 Å². The van der Waals surface area contributed by atoms with Crippen molar-refractivity contribution < 1.29 is 13.2 Å². The number of nitrogens with one attached hydrogen (secondary N) is 1. The fraction of sp³-hybridized carbons (Fsp3) is 0.400. The minimum atomic E-state index is -3.59. The summed E-state index contributed by atoms with van der Waals surface area (Å²) < 4.78 is 33.0. The van der Waals surface area contributed by atoms with E-state index in [-0.39, 0.29) is 9.92 Å². The molecule has 3 rings (SSSR count). The summed E-state index contributed by atoms with van der Waals surface area (Å²) in [5.41, 5.74) is 1.28. The molecule has 2 aromatic rings. The zero-order valence-electron chi connectivity index (χ0n) is 15.4. The summed E-state index contributed by atoms with van der Waals surface area (Å²) in [5.74, 6) is 0.755. The largest absolute Gasteiger partial charge is 0.495 e. The molecule has 1 heterocycles. The van der Waals surface area contributed by atoms with Gasteiger partial charge in [0.1, 0.15) is 5.75 Å². The summed E-state index contributed by atoms with van der Waals surface area (Å²) in [5, 5.41) is 0.284. The van der Waals surface area contributed by atoms with Crippen molar-refractivity contribution in [2.45, 2.75) is 24.3 Å². The van der Waals surface area contributed by atoms with Gasteiger partial charge in [0.05, 0.1) is 17.0 Å². The van der Waals surface area contributed by atoms with Crippen LogP contribution in [0.5, 0.6) is 5.75 Å². The van der Waals surface area contributed by atoms with Gasteiger partial charge in [-0.25, -0.2) is 13.1 Å². The van der Waals surface area contributed by atoms with Crippen LogP contribution in [-0.2, 0) is 16.6 Å². The molecule has 0 aromatic heterocycles. The first-order valence-electron chi connectivity index (χ1n) is 9.07. The van der Waals surface area contributed by atoms with E-state index in [0.717, 1.165) is 32.5 Å². The zero-order chi connectivity index (χ0) is 19.3. The Bertz CT molecular complexity index is 859. The second kappa shape index (κ2) is 9.06. The number of halogens is 1. The first-order chi connectivity index (χ1) is 13.0. The van der Waals surface area contributed by atoms with Crippen LogP contribution in [0.1, 0.15) is 18.4 Å². The highest BCUT2D eigenvalue weighted by atomic mass is 35.5. The molecule has 1 fully saturated rings. The van der Waals surface area contributed by atoms with Crippen LogP contribution in [0.4, 0.5) is 0 Å². The highest BCUT2D eigenvalue weighted by Gasteiger charge is 2.23. The quantitative estimate of drug-likeness (QED) is 0.761. The molecule has 7 heteroatoms. The molecular formula is C20H25ClN2O3S. The first-order valence-corrected chi connectivity index (χ1v) is 10.9. The third-order valence-corrected chi connectivity index (χ3v) is 6.56. The summed E-state index contributed by atoms with van der Waals surface area (Å²) in [6.07, 6.45) is 2.10. The van der Waals surface area contributed by atoms with Gasteiger partial charge in [0.25, 0.3) is 0 Å². The number of piperidine rings is 1. The van der Waals surface area contributed by atoms with E-state index >= 15 is 0 Å². The minimum Gasteiger partial charge on any atom is -0.495 e. The molecule has 1 atom stereocenters. The fourth-order valence-corrected chi connectivity index (χ4v) is 4.89. The fourth-order valence-electron chi connectivity index (χ4n) is 3.43. The molecule has 1 N–H and O–H groups in total. The lowest BCUT2D eigenvalue weighted by Crippen LogP contribution is -2.40. The van der Waals surface area contributed by atoms with Crippen LogP contribution in [0, 0.1) is 5.92 Å². The lowest BCUT2D eigenvalue weighted by Gasteiger charge is -2.32. The van der Waals surface area contributed by atoms with Gasteiger partial charge in [-0.2, -0.15) is 0 Å². The van der Waals surface area contributed by atoms with Crippen LogP contribution < -0.4 is 9.46 Å². The van der Waals surface area contributed by atoms with Gasteiger partial charge in [-0.15, -0.1) is 0 Å². The van der Waals surface area contributed by atoms with Crippen LogP contribution in [0.15, 0.2) is 53.4 Å². The van der Waals surface area contributed by atoms with E-state index in [1.807, 2.05) is 18.2 Å². The Labute approximate surface area is 166 Å². The van der Waals surface area contributed by atoms with Crippen molar-refractivity contribution in [2.24, 2.45) is 5.92 Å². The van der Waals surface area contributed by atoms with E-state index < -0.39 is 10.0 Å². The molecule has 1 saturated heterocycles. The van der Waals surface area contributed by atoms with Crippen LogP contribution in [-0.4, -0.2) is 40.1 Å². The summed E-state index contributed by atoms with van der Waals surface area (Å²) in [7, 11) is -2.09. The van der Waals surface area contributed by atoms with Gasteiger partial charge in [-0.05, 0) is 49.1 Å². The smallest absolute Gasteiger partial charge is 0.240 e. The van der Waals surface area contributed by atoms with Crippen molar-refractivity contribution in [3.8, 4) is 5.75 Å². The maximum absolute atomic E-state index is 12.6. The number of hydrogen-bond donors (Lipinski definition) is 1. The van der Waals surface area contributed by atoms with Gasteiger partial charge >= 0.3 is 0 Å². The van der Waals surface area contributed by atoms with E-state index in [0.29, 0.717) is 18.2 Å². The normalized spacial score (nSPS) is 18.4. The van der Waals surface area contributed by atoms with E-state index in [2.05, 4.69) is 21.8 Å². The number of rotatable bonds is 7. The van der Waals surface area contributed by atoms with Crippen molar-refractivity contribution in [3.05, 3.63) is 59.1 Å². The lowest BCUT2D eigenvalue weighted by atomic mass is 9.98. The zero-order valence-corrected chi connectivity index (χ0v) is 17.0. The predicted molar refractivity (Wildman–Crippen MR) is 108 cm³/mol. The Morgan fingerprint density at radius 3 is 2.70 bits per heavy atom. The molecule has 2 aromatic carbocycles. The molecule has 146 valence electrons. The van der Waals surface area contributed by atoms with Gasteiger partial charge < -0.3 is 4.74 Å². The molecular weight excluding hydrogens is 384 g/mol.